The molecule has 0 N–H and O–H groups in total. The van der Waals surface area contributed by atoms with Crippen molar-refractivity contribution in [1.82, 2.24) is 9.55 Å². The molecular formula is C45H40N6O6. The van der Waals surface area contributed by atoms with E-state index in [0.29, 0.717) is 37.6 Å². The molecule has 3 saturated heterocycles. The van der Waals surface area contributed by atoms with E-state index in [1.165, 1.54) is 0 Å². The normalized spacial score (nSPS) is 21.7. The van der Waals surface area contributed by atoms with Crippen molar-refractivity contribution >= 4 is 28.9 Å². The molecule has 4 aliphatic rings. The lowest BCUT2D eigenvalue weighted by Crippen LogP contribution is -2.54. The van der Waals surface area contributed by atoms with E-state index >= 15 is 0 Å². The van der Waals surface area contributed by atoms with Crippen molar-refractivity contribution < 1.29 is 23.7 Å². The molecule has 5 heterocycles. The van der Waals surface area contributed by atoms with Crippen LogP contribution in [0, 0.1) is 0 Å². The number of carbonyl (C=O) groups excluding carboxylic acids is 1. The Morgan fingerprint density at radius 1 is 0.596 bits per heavy atom. The Hall–Kier alpha value is -6.79. The zero-order valence-electron chi connectivity index (χ0n) is 30.9. The van der Waals surface area contributed by atoms with E-state index in [9.17, 15) is 9.59 Å². The fourth-order valence-electron chi connectivity index (χ4n) is 8.77. The summed E-state index contributed by atoms with van der Waals surface area (Å²) in [7, 11) is 0. The molecule has 0 amide bonds. The lowest BCUT2D eigenvalue weighted by atomic mass is 10.1. The van der Waals surface area contributed by atoms with Crippen LogP contribution < -0.4 is 34.6 Å². The van der Waals surface area contributed by atoms with Crippen LogP contribution >= 0.6 is 0 Å². The second-order valence-electron chi connectivity index (χ2n) is 14.4. The number of benzene rings is 5. The monoisotopic (exact) mass is 760 g/mol. The van der Waals surface area contributed by atoms with Crippen LogP contribution in [0.15, 0.2) is 163 Å². The molecular weight excluding hydrogens is 721 g/mol. The van der Waals surface area contributed by atoms with Gasteiger partial charge in [0.05, 0.1) is 5.69 Å². The highest BCUT2D eigenvalue weighted by Gasteiger charge is 2.60. The molecule has 3 fully saturated rings. The lowest BCUT2D eigenvalue weighted by molar-refractivity contribution is -0.0394. The van der Waals surface area contributed by atoms with Crippen LogP contribution in [0.4, 0.5) is 27.5 Å². The first-order valence-corrected chi connectivity index (χ1v) is 19.3. The van der Waals surface area contributed by atoms with Crippen molar-refractivity contribution in [2.45, 2.75) is 36.9 Å². The number of hydrogen-bond donors (Lipinski definition) is 0. The zero-order chi connectivity index (χ0) is 38.3. The largest absolute Gasteiger partial charge is 0.514 e. The predicted molar refractivity (Wildman–Crippen MR) is 216 cm³/mol. The summed E-state index contributed by atoms with van der Waals surface area (Å²) in [5.74, 6) is 0.348. The smallest absolute Gasteiger partial charge is 0.452 e. The highest BCUT2D eigenvalue weighted by molar-refractivity contribution is 5.65. The van der Waals surface area contributed by atoms with Gasteiger partial charge in [0.15, 0.2) is 18.4 Å². The first-order valence-electron chi connectivity index (χ1n) is 19.3. The molecule has 12 heteroatoms. The van der Waals surface area contributed by atoms with Crippen molar-refractivity contribution in [2.75, 3.05) is 45.8 Å². The number of anilines is 4. The molecule has 0 radical (unpaired) electrons. The summed E-state index contributed by atoms with van der Waals surface area (Å²) in [6.45, 7) is 2.78. The van der Waals surface area contributed by atoms with Crippen LogP contribution in [-0.2, 0) is 9.47 Å². The fourth-order valence-corrected chi connectivity index (χ4v) is 8.77. The molecule has 5 aromatic carbocycles. The van der Waals surface area contributed by atoms with Gasteiger partial charge < -0.3 is 38.5 Å². The average molecular weight is 761 g/mol. The van der Waals surface area contributed by atoms with Gasteiger partial charge in [0.2, 0.25) is 0 Å². The molecule has 57 heavy (non-hydrogen) atoms. The van der Waals surface area contributed by atoms with E-state index in [0.717, 1.165) is 22.7 Å². The molecule has 4 aliphatic heterocycles. The van der Waals surface area contributed by atoms with Crippen LogP contribution in [-0.4, -0.2) is 66.4 Å². The summed E-state index contributed by atoms with van der Waals surface area (Å²) < 4.78 is 27.8. The number of para-hydroxylation sites is 5. The number of carbonyl (C=O) groups is 1. The van der Waals surface area contributed by atoms with Crippen molar-refractivity contribution in [3.63, 3.8) is 0 Å². The van der Waals surface area contributed by atoms with Crippen LogP contribution in [0.1, 0.15) is 18.1 Å². The van der Waals surface area contributed by atoms with Gasteiger partial charge in [0.25, 0.3) is 5.56 Å². The zero-order valence-corrected chi connectivity index (χ0v) is 30.9. The third-order valence-corrected chi connectivity index (χ3v) is 11.2. The third kappa shape index (κ3) is 6.37. The highest BCUT2D eigenvalue weighted by atomic mass is 16.7. The van der Waals surface area contributed by atoms with Crippen molar-refractivity contribution in [1.29, 1.82) is 0 Å². The van der Waals surface area contributed by atoms with Crippen molar-refractivity contribution in [3.05, 3.63) is 174 Å². The number of ether oxygens (including phenoxy) is 4. The molecule has 0 unspecified atom stereocenters. The quantitative estimate of drug-likeness (QED) is 0.120. The summed E-state index contributed by atoms with van der Waals surface area (Å²) in [6.07, 6.45) is -5.13. The summed E-state index contributed by atoms with van der Waals surface area (Å²) in [5, 5.41) is 0. The van der Waals surface area contributed by atoms with Gasteiger partial charge in [0, 0.05) is 55.0 Å². The van der Waals surface area contributed by atoms with Gasteiger partial charge in [-0.25, -0.2) is 4.79 Å². The van der Waals surface area contributed by atoms with E-state index in [-0.39, 0.29) is 6.01 Å². The Kier molecular flexibility index (Phi) is 8.94. The number of rotatable bonds is 8. The summed E-state index contributed by atoms with van der Waals surface area (Å²) in [5.41, 5.74) is 4.23. The minimum Gasteiger partial charge on any atom is -0.452 e. The summed E-state index contributed by atoms with van der Waals surface area (Å²) in [6, 6.07) is 51.2. The van der Waals surface area contributed by atoms with Gasteiger partial charge >= 0.3 is 12.2 Å². The Morgan fingerprint density at radius 2 is 1.05 bits per heavy atom. The fraction of sp³-hybridized carbons (Fsp3) is 0.222. The maximum Gasteiger partial charge on any atom is 0.514 e. The molecule has 0 aliphatic carbocycles. The lowest BCUT2D eigenvalue weighted by Gasteiger charge is -2.38. The second kappa shape index (κ2) is 14.7. The molecule has 0 bridgehead atoms. The van der Waals surface area contributed by atoms with Crippen LogP contribution in [0.5, 0.6) is 11.8 Å². The Balaban J connectivity index is 1.09. The van der Waals surface area contributed by atoms with Crippen LogP contribution in [0.2, 0.25) is 0 Å². The minimum atomic E-state index is -0.976. The number of hydrogen-bond acceptors (Lipinski definition) is 11. The maximum absolute atomic E-state index is 13.8. The summed E-state index contributed by atoms with van der Waals surface area (Å²) in [4.78, 5) is 40.8. The topological polar surface area (TPSA) is 102 Å². The van der Waals surface area contributed by atoms with Crippen molar-refractivity contribution in [3.8, 4) is 11.8 Å². The van der Waals surface area contributed by atoms with E-state index in [4.69, 9.17) is 18.9 Å². The first kappa shape index (κ1) is 34.7. The van der Waals surface area contributed by atoms with Crippen LogP contribution in [0.25, 0.3) is 0 Å². The van der Waals surface area contributed by atoms with Crippen LogP contribution in [0.3, 0.4) is 0 Å². The molecule has 6 aromatic rings. The molecule has 4 atom stereocenters. The number of fused-ring (bicyclic) bond motifs is 3. The molecule has 12 nitrogen and oxygen atoms in total. The predicted octanol–water partition coefficient (Wildman–Crippen LogP) is 6.86. The molecule has 286 valence electrons. The van der Waals surface area contributed by atoms with E-state index in [1.54, 1.807) is 30.3 Å². The molecule has 1 aromatic heterocycles. The van der Waals surface area contributed by atoms with Gasteiger partial charge in [-0.05, 0) is 60.7 Å². The van der Waals surface area contributed by atoms with Gasteiger partial charge in [0.1, 0.15) is 24.2 Å². The van der Waals surface area contributed by atoms with Gasteiger partial charge in [-0.3, -0.25) is 9.36 Å². The number of aromatic nitrogens is 2. The Morgan fingerprint density at radius 3 is 1.56 bits per heavy atom. The molecule has 0 spiro atoms. The highest BCUT2D eigenvalue weighted by Crippen LogP contribution is 2.48. The molecule has 0 saturated carbocycles. The SMILES string of the molecule is O=C(Oc1ccccc1)O[C@H]1[C@@H]2Oc3nc(=O)cc(C4N(c5ccccc5)CCN4c4ccccc4)n3[C@@H]2O[C@@H]1C1N(c2ccccc2)CCN1c1ccccc1. The summed E-state index contributed by atoms with van der Waals surface area (Å²) >= 11 is 0. The minimum absolute atomic E-state index is 0.107. The maximum atomic E-state index is 13.8. The van der Waals surface area contributed by atoms with Crippen molar-refractivity contribution in [2.24, 2.45) is 0 Å². The average Bonchev–Trinajstić information content (AvgIpc) is 4.05. The van der Waals surface area contributed by atoms with E-state index in [1.807, 2.05) is 83.4 Å². The molecule has 10 rings (SSSR count). The van der Waals surface area contributed by atoms with Gasteiger partial charge in [-0.2, -0.15) is 4.98 Å². The Labute approximate surface area is 329 Å². The second-order valence-corrected chi connectivity index (χ2v) is 14.4. The Bertz CT molecular complexity index is 2300. The number of nitrogens with zero attached hydrogens (tertiary/aromatic N) is 6. The first-order chi connectivity index (χ1) is 28.1. The van der Waals surface area contributed by atoms with E-state index < -0.39 is 48.6 Å². The standard InChI is InChI=1S/C45H40N6O6/c52-37-30-36(41-47(31-16-6-1-7-17-31)26-27-48(41)32-18-8-2-9-19-32)51-43-40(56-44(51)46-37)38(57-45(53)54-35-24-14-5-15-25-35)39(55-43)42-49(33-20-10-3-11-21-33)28-29-50(42)34-22-12-4-13-23-34/h1-25,30,38-43H,26-29H2/t38-,39+,40+,43-/m1/s1. The van der Waals surface area contributed by atoms with Gasteiger partial charge in [-0.15, -0.1) is 0 Å². The van der Waals surface area contributed by atoms with Gasteiger partial charge in [-0.1, -0.05) is 91.0 Å². The third-order valence-electron chi connectivity index (χ3n) is 11.2. The van der Waals surface area contributed by atoms with E-state index in [2.05, 4.69) is 73.1 Å².